The van der Waals surface area contributed by atoms with Crippen molar-refractivity contribution in [2.24, 2.45) is 11.8 Å². The number of carbonyl (C=O) groups excluding carboxylic acids is 1. The summed E-state index contributed by atoms with van der Waals surface area (Å²) in [6, 6.07) is 7.71. The quantitative estimate of drug-likeness (QED) is 0.206. The van der Waals surface area contributed by atoms with Crippen molar-refractivity contribution in [3.8, 4) is 0 Å². The van der Waals surface area contributed by atoms with Crippen LogP contribution in [0.1, 0.15) is 71.2 Å². The highest BCUT2D eigenvalue weighted by Crippen LogP contribution is 2.25. The fourth-order valence-corrected chi connectivity index (χ4v) is 5.77. The number of imidazole rings is 1. The molecule has 1 amide bonds. The predicted molar refractivity (Wildman–Crippen MR) is 160 cm³/mol. The number of rotatable bonds is 13. The molecule has 0 atom stereocenters. The lowest BCUT2D eigenvalue weighted by Crippen LogP contribution is -2.34. The van der Waals surface area contributed by atoms with Crippen LogP contribution in [0.5, 0.6) is 0 Å². The minimum absolute atomic E-state index is 0.0398. The molecule has 4 aromatic rings. The van der Waals surface area contributed by atoms with Crippen molar-refractivity contribution in [1.29, 1.82) is 0 Å². The number of thiophene rings is 1. The number of amides is 1. The van der Waals surface area contributed by atoms with Gasteiger partial charge in [-0.05, 0) is 80.4 Å². The molecule has 0 radical (unpaired) electrons. The van der Waals surface area contributed by atoms with Crippen molar-refractivity contribution in [3.63, 3.8) is 0 Å². The van der Waals surface area contributed by atoms with Crippen LogP contribution in [0, 0.1) is 11.8 Å². The third-order valence-corrected chi connectivity index (χ3v) is 8.34. The minimum Gasteiger partial charge on any atom is -0.339 e. The molecule has 0 bridgehead atoms. The van der Waals surface area contributed by atoms with Crippen molar-refractivity contribution >= 4 is 44.3 Å². The molecule has 0 aliphatic carbocycles. The van der Waals surface area contributed by atoms with E-state index in [1.54, 1.807) is 4.40 Å². The predicted octanol–water partition coefficient (Wildman–Crippen LogP) is 6.13. The van der Waals surface area contributed by atoms with Crippen molar-refractivity contribution in [2.75, 3.05) is 32.7 Å². The summed E-state index contributed by atoms with van der Waals surface area (Å²) in [5, 5.41) is 1.92. The molecule has 4 rings (SSSR count). The van der Waals surface area contributed by atoms with E-state index in [1.807, 2.05) is 34.5 Å². The van der Waals surface area contributed by atoms with Crippen LogP contribution in [0.3, 0.4) is 0 Å². The highest BCUT2D eigenvalue weighted by atomic mass is 32.1. The molecule has 8 heteroatoms. The van der Waals surface area contributed by atoms with E-state index in [0.29, 0.717) is 27.9 Å². The maximum Gasteiger partial charge on any atom is 0.277 e. The first-order valence-electron chi connectivity index (χ1n) is 14.2. The molecule has 0 unspecified atom stereocenters. The Bertz CT molecular complexity index is 1430. The Morgan fingerprint density at radius 2 is 1.66 bits per heavy atom. The molecule has 0 spiro atoms. The number of fused-ring (bicyclic) bond motifs is 4. The second-order valence-electron chi connectivity index (χ2n) is 11.1. The average molecular weight is 538 g/mol. The average Bonchev–Trinajstić information content (AvgIpc) is 3.49. The van der Waals surface area contributed by atoms with Crippen molar-refractivity contribution in [1.82, 2.24) is 23.8 Å². The Morgan fingerprint density at radius 1 is 0.974 bits per heavy atom. The summed E-state index contributed by atoms with van der Waals surface area (Å²) in [4.78, 5) is 36.6. The first-order valence-corrected chi connectivity index (χ1v) is 15.1. The van der Waals surface area contributed by atoms with Crippen LogP contribution >= 0.6 is 11.3 Å². The van der Waals surface area contributed by atoms with Gasteiger partial charge >= 0.3 is 0 Å². The van der Waals surface area contributed by atoms with Crippen LogP contribution < -0.4 is 5.56 Å². The molecule has 1 aromatic carbocycles. The maximum absolute atomic E-state index is 13.8. The van der Waals surface area contributed by atoms with Crippen LogP contribution in [-0.4, -0.2) is 62.4 Å². The maximum atomic E-state index is 13.8. The fraction of sp³-hybridized carbons (Fsp3) is 0.567. The molecule has 0 fully saturated rings. The molecule has 3 aromatic heterocycles. The van der Waals surface area contributed by atoms with Gasteiger partial charge in [0.05, 0.1) is 16.6 Å². The van der Waals surface area contributed by atoms with Crippen LogP contribution in [0.2, 0.25) is 0 Å². The highest BCUT2D eigenvalue weighted by Gasteiger charge is 2.21. The second kappa shape index (κ2) is 12.4. The molecule has 0 saturated carbocycles. The van der Waals surface area contributed by atoms with Crippen molar-refractivity contribution in [3.05, 3.63) is 45.6 Å². The summed E-state index contributed by atoms with van der Waals surface area (Å²) >= 11 is 1.43. The van der Waals surface area contributed by atoms with Crippen LogP contribution in [-0.2, 0) is 6.54 Å². The number of hydrogen-bond donors (Lipinski definition) is 0. The Morgan fingerprint density at radius 3 is 2.29 bits per heavy atom. The van der Waals surface area contributed by atoms with Crippen molar-refractivity contribution in [2.45, 2.75) is 67.3 Å². The van der Waals surface area contributed by atoms with E-state index >= 15 is 0 Å². The van der Waals surface area contributed by atoms with Crippen LogP contribution in [0.4, 0.5) is 0 Å². The lowest BCUT2D eigenvalue weighted by Gasteiger charge is -2.25. The first-order chi connectivity index (χ1) is 18.2. The molecule has 0 N–H and O–H groups in total. The third kappa shape index (κ3) is 5.96. The van der Waals surface area contributed by atoms with E-state index in [9.17, 15) is 9.59 Å². The largest absolute Gasteiger partial charge is 0.339 e. The third-order valence-electron chi connectivity index (χ3n) is 7.45. The van der Waals surface area contributed by atoms with Gasteiger partial charge in [-0.25, -0.2) is 9.38 Å². The number of hydrogen-bond acceptors (Lipinski definition) is 5. The Hall–Kier alpha value is -2.71. The molecule has 206 valence electrons. The number of aromatic nitrogens is 3. The van der Waals surface area contributed by atoms with Crippen molar-refractivity contribution < 1.29 is 4.79 Å². The smallest absolute Gasteiger partial charge is 0.277 e. The zero-order chi connectivity index (χ0) is 27.4. The summed E-state index contributed by atoms with van der Waals surface area (Å²) in [5.41, 5.74) is 3.07. The summed E-state index contributed by atoms with van der Waals surface area (Å²) in [7, 11) is 0. The van der Waals surface area contributed by atoms with Gasteiger partial charge in [0.1, 0.15) is 4.70 Å². The van der Waals surface area contributed by atoms with E-state index in [1.165, 1.54) is 11.3 Å². The van der Waals surface area contributed by atoms with Gasteiger partial charge in [0.15, 0.2) is 0 Å². The van der Waals surface area contributed by atoms with Gasteiger partial charge in [-0.15, -0.1) is 11.3 Å². The molecular formula is C30H43N5O2S. The molecule has 7 nitrogen and oxygen atoms in total. The monoisotopic (exact) mass is 537 g/mol. The number of aryl methyl sites for hydroxylation is 1. The molecule has 0 saturated heterocycles. The van der Waals surface area contributed by atoms with Gasteiger partial charge in [0.2, 0.25) is 5.78 Å². The molecule has 0 aliphatic heterocycles. The van der Waals surface area contributed by atoms with Gasteiger partial charge < -0.3 is 14.4 Å². The Balaban J connectivity index is 1.79. The molecule has 3 heterocycles. The first kappa shape index (κ1) is 28.3. The fourth-order valence-electron chi connectivity index (χ4n) is 5.01. The number of nitrogens with zero attached hydrogens (tertiary/aromatic N) is 5. The lowest BCUT2D eigenvalue weighted by atomic mass is 10.1. The standard InChI is InChI=1S/C30H43N5O2S/c1-7-32(8-2)15-9-16-34-26-20-23(28(36)33(17-12-21(3)4)18-13-22(5)6)10-11-25(26)35-29(37)27-24(14-19-38-27)31-30(34)35/h10-11,14,19-22H,7-9,12-13,15-18H2,1-6H3. The number of carbonyl (C=O) groups is 1. The van der Waals surface area contributed by atoms with E-state index in [0.717, 1.165) is 75.1 Å². The van der Waals surface area contributed by atoms with Gasteiger partial charge in [0, 0.05) is 25.2 Å². The minimum atomic E-state index is -0.0398. The Labute approximate surface area is 230 Å². The highest BCUT2D eigenvalue weighted by molar-refractivity contribution is 7.17. The van der Waals surface area contributed by atoms with Crippen LogP contribution in [0.25, 0.3) is 27.0 Å². The summed E-state index contributed by atoms with van der Waals surface area (Å²) in [6.07, 6.45) is 2.90. The lowest BCUT2D eigenvalue weighted by molar-refractivity contribution is 0.0741. The molecule has 38 heavy (non-hydrogen) atoms. The van der Waals surface area contributed by atoms with E-state index < -0.39 is 0 Å². The van der Waals surface area contributed by atoms with Gasteiger partial charge in [-0.1, -0.05) is 41.5 Å². The van der Waals surface area contributed by atoms with Gasteiger partial charge in [-0.3, -0.25) is 9.59 Å². The normalized spacial score (nSPS) is 12.2. The second-order valence-corrected chi connectivity index (χ2v) is 12.0. The van der Waals surface area contributed by atoms with E-state index in [4.69, 9.17) is 4.98 Å². The molecule has 0 aliphatic rings. The van der Waals surface area contributed by atoms with E-state index in [-0.39, 0.29) is 11.5 Å². The Kier molecular flexibility index (Phi) is 9.26. The zero-order valence-electron chi connectivity index (χ0n) is 23.9. The zero-order valence-corrected chi connectivity index (χ0v) is 24.7. The topological polar surface area (TPSA) is 62.9 Å². The van der Waals surface area contributed by atoms with Crippen LogP contribution in [0.15, 0.2) is 34.4 Å². The number of benzene rings is 1. The summed E-state index contributed by atoms with van der Waals surface area (Å²) < 4.78 is 4.54. The SMILES string of the molecule is CCN(CC)CCCn1c2cc(C(=O)N(CCC(C)C)CCC(C)C)ccc2n2c(=O)c3sccc3nc12. The summed E-state index contributed by atoms with van der Waals surface area (Å²) in [5.74, 6) is 1.78. The summed E-state index contributed by atoms with van der Waals surface area (Å²) in [6.45, 7) is 18.4. The molecular weight excluding hydrogens is 494 g/mol. The van der Waals surface area contributed by atoms with Gasteiger partial charge in [0.25, 0.3) is 11.5 Å². The van der Waals surface area contributed by atoms with E-state index in [2.05, 4.69) is 51.0 Å². The van der Waals surface area contributed by atoms with Gasteiger partial charge in [-0.2, -0.15) is 0 Å².